The van der Waals surface area contributed by atoms with Crippen molar-refractivity contribution in [3.8, 4) is 0 Å². The number of rotatable bonds is 5. The molecule has 4 nitrogen and oxygen atoms in total. The van der Waals surface area contributed by atoms with Crippen molar-refractivity contribution in [3.63, 3.8) is 0 Å². The lowest BCUT2D eigenvalue weighted by Gasteiger charge is -2.32. The van der Waals surface area contributed by atoms with Crippen molar-refractivity contribution in [2.75, 3.05) is 20.1 Å². The molecule has 0 radical (unpaired) electrons. The van der Waals surface area contributed by atoms with Gasteiger partial charge in [-0.15, -0.1) is 0 Å². The highest BCUT2D eigenvalue weighted by Crippen LogP contribution is 2.27. The Morgan fingerprint density at radius 3 is 2.33 bits per heavy atom. The van der Waals surface area contributed by atoms with Gasteiger partial charge in [0.2, 0.25) is 5.91 Å². The lowest BCUT2D eigenvalue weighted by Crippen LogP contribution is -2.35. The molecular formula is C20H30N2O2. The molecule has 0 spiro atoms. The van der Waals surface area contributed by atoms with Gasteiger partial charge in [0.15, 0.2) is 5.78 Å². The van der Waals surface area contributed by atoms with E-state index in [2.05, 4.69) is 30.1 Å². The molecule has 0 bridgehead atoms. The highest BCUT2D eigenvalue weighted by molar-refractivity contribution is 5.97. The van der Waals surface area contributed by atoms with Crippen LogP contribution >= 0.6 is 0 Å². The number of hydrogen-bond donors (Lipinski definition) is 1. The average molecular weight is 330 g/mol. The molecule has 24 heavy (non-hydrogen) atoms. The normalized spacial score (nSPS) is 16.2. The van der Waals surface area contributed by atoms with Gasteiger partial charge in [0, 0.05) is 25.6 Å². The number of piperidine rings is 1. The molecule has 0 unspecified atom stereocenters. The summed E-state index contributed by atoms with van der Waals surface area (Å²) in [6.07, 6.45) is 2.77. The van der Waals surface area contributed by atoms with Crippen molar-refractivity contribution in [1.82, 2.24) is 10.2 Å². The third-order valence-electron chi connectivity index (χ3n) is 5.32. The van der Waals surface area contributed by atoms with Crippen LogP contribution in [0.25, 0.3) is 0 Å². The number of nitrogens with zero attached hydrogens (tertiary/aromatic N) is 1. The fourth-order valence-corrected chi connectivity index (χ4v) is 3.95. The average Bonchev–Trinajstić information content (AvgIpc) is 2.52. The minimum Gasteiger partial charge on any atom is -0.359 e. The van der Waals surface area contributed by atoms with Crippen LogP contribution < -0.4 is 5.32 Å². The van der Waals surface area contributed by atoms with Crippen molar-refractivity contribution in [2.45, 2.75) is 53.5 Å². The van der Waals surface area contributed by atoms with E-state index in [1.165, 1.54) is 11.1 Å². The second-order valence-corrected chi connectivity index (χ2v) is 7.14. The Balaban J connectivity index is 2.06. The predicted octanol–water partition coefficient (Wildman–Crippen LogP) is 3.16. The van der Waals surface area contributed by atoms with E-state index in [1.54, 1.807) is 14.0 Å². The monoisotopic (exact) mass is 330 g/mol. The van der Waals surface area contributed by atoms with Crippen molar-refractivity contribution in [2.24, 2.45) is 5.92 Å². The van der Waals surface area contributed by atoms with Crippen LogP contribution in [0.15, 0.2) is 6.07 Å². The molecule has 0 aliphatic carbocycles. The quantitative estimate of drug-likeness (QED) is 0.844. The minimum absolute atomic E-state index is 0.143. The van der Waals surface area contributed by atoms with Crippen molar-refractivity contribution in [3.05, 3.63) is 33.9 Å². The second-order valence-electron chi connectivity index (χ2n) is 7.14. The molecule has 0 saturated carbocycles. The number of aryl methyl sites for hydroxylation is 2. The molecule has 2 rings (SSSR count). The molecule has 1 aromatic carbocycles. The number of hydrogen-bond acceptors (Lipinski definition) is 3. The topological polar surface area (TPSA) is 49.4 Å². The van der Waals surface area contributed by atoms with Crippen LogP contribution in [-0.4, -0.2) is 36.7 Å². The van der Waals surface area contributed by atoms with Crippen molar-refractivity contribution in [1.29, 1.82) is 0 Å². The SMILES string of the molecule is CNC(=O)CC1CCN(Cc2c(C)cc(C)c(C(C)=O)c2C)CC1. The number of carbonyl (C=O) groups is 2. The number of ketones is 1. The summed E-state index contributed by atoms with van der Waals surface area (Å²) in [5.74, 6) is 0.787. The summed E-state index contributed by atoms with van der Waals surface area (Å²) in [7, 11) is 1.70. The van der Waals surface area contributed by atoms with Crippen molar-refractivity contribution < 1.29 is 9.59 Å². The summed E-state index contributed by atoms with van der Waals surface area (Å²) in [5, 5.41) is 2.72. The third-order valence-corrected chi connectivity index (χ3v) is 5.32. The maximum absolute atomic E-state index is 12.0. The van der Waals surface area contributed by atoms with E-state index in [-0.39, 0.29) is 11.7 Å². The molecule has 0 aromatic heterocycles. The number of amides is 1. The largest absolute Gasteiger partial charge is 0.359 e. The van der Waals surface area contributed by atoms with E-state index in [4.69, 9.17) is 0 Å². The Bertz CT molecular complexity index is 629. The summed E-state index contributed by atoms with van der Waals surface area (Å²) in [4.78, 5) is 25.9. The van der Waals surface area contributed by atoms with E-state index in [1.807, 2.05) is 6.92 Å². The van der Waals surface area contributed by atoms with Crippen molar-refractivity contribution >= 4 is 11.7 Å². The number of carbonyl (C=O) groups excluding carboxylic acids is 2. The molecule has 132 valence electrons. The molecule has 1 saturated heterocycles. The first-order valence-electron chi connectivity index (χ1n) is 8.87. The van der Waals surface area contributed by atoms with E-state index in [0.29, 0.717) is 12.3 Å². The molecule has 1 aliphatic heterocycles. The van der Waals surface area contributed by atoms with Gasteiger partial charge < -0.3 is 5.32 Å². The lowest BCUT2D eigenvalue weighted by atomic mass is 9.89. The van der Waals surface area contributed by atoms with Gasteiger partial charge in [0.1, 0.15) is 0 Å². The Morgan fingerprint density at radius 1 is 1.17 bits per heavy atom. The van der Waals surface area contributed by atoms with Crippen LogP contribution in [0.4, 0.5) is 0 Å². The van der Waals surface area contributed by atoms with Gasteiger partial charge in [-0.1, -0.05) is 6.07 Å². The molecule has 0 atom stereocenters. The van der Waals surface area contributed by atoms with Crippen LogP contribution in [0.5, 0.6) is 0 Å². The van der Waals surface area contributed by atoms with Gasteiger partial charge >= 0.3 is 0 Å². The summed E-state index contributed by atoms with van der Waals surface area (Å²) in [6, 6.07) is 2.14. The van der Waals surface area contributed by atoms with E-state index in [9.17, 15) is 9.59 Å². The zero-order valence-corrected chi connectivity index (χ0v) is 15.7. The molecular weight excluding hydrogens is 300 g/mol. The van der Waals surface area contributed by atoms with Gasteiger partial charge in [-0.3, -0.25) is 14.5 Å². The lowest BCUT2D eigenvalue weighted by molar-refractivity contribution is -0.121. The number of nitrogens with one attached hydrogen (secondary N) is 1. The van der Waals surface area contributed by atoms with Gasteiger partial charge in [-0.2, -0.15) is 0 Å². The van der Waals surface area contributed by atoms with Gasteiger partial charge in [0.25, 0.3) is 0 Å². The van der Waals surface area contributed by atoms with Gasteiger partial charge in [-0.25, -0.2) is 0 Å². The predicted molar refractivity (Wildman–Crippen MR) is 97.3 cm³/mol. The fourth-order valence-electron chi connectivity index (χ4n) is 3.95. The van der Waals surface area contributed by atoms with E-state index < -0.39 is 0 Å². The highest BCUT2D eigenvalue weighted by Gasteiger charge is 2.23. The molecule has 1 aromatic rings. The Kier molecular flexibility index (Phi) is 6.16. The first-order chi connectivity index (χ1) is 11.3. The highest BCUT2D eigenvalue weighted by atomic mass is 16.1. The molecule has 1 heterocycles. The summed E-state index contributed by atoms with van der Waals surface area (Å²) >= 11 is 0. The number of likely N-dealkylation sites (tertiary alicyclic amines) is 1. The summed E-state index contributed by atoms with van der Waals surface area (Å²) < 4.78 is 0. The molecule has 1 N–H and O–H groups in total. The van der Waals surface area contributed by atoms with Crippen LogP contribution in [0.2, 0.25) is 0 Å². The Hall–Kier alpha value is -1.68. The second kappa shape index (κ2) is 7.93. The Labute approximate surface area is 145 Å². The number of benzene rings is 1. The maximum atomic E-state index is 12.0. The Morgan fingerprint density at radius 2 is 1.79 bits per heavy atom. The zero-order chi connectivity index (χ0) is 17.9. The van der Waals surface area contributed by atoms with Crippen LogP contribution in [0.3, 0.4) is 0 Å². The fraction of sp³-hybridized carbons (Fsp3) is 0.600. The molecule has 1 fully saturated rings. The van der Waals surface area contributed by atoms with Crippen LogP contribution in [0, 0.1) is 26.7 Å². The smallest absolute Gasteiger partial charge is 0.220 e. The minimum atomic E-state index is 0.143. The van der Waals surface area contributed by atoms with E-state index in [0.717, 1.165) is 49.2 Å². The molecule has 1 aliphatic rings. The standard InChI is InChI=1S/C20H30N2O2/c1-13-10-14(2)20(16(4)23)15(3)18(13)12-22-8-6-17(7-9-22)11-19(24)21-5/h10,17H,6-9,11-12H2,1-5H3,(H,21,24). The number of Topliss-reactive ketones (excluding diaryl/α,β-unsaturated/α-hetero) is 1. The maximum Gasteiger partial charge on any atom is 0.220 e. The van der Waals surface area contributed by atoms with E-state index >= 15 is 0 Å². The molecule has 4 heteroatoms. The molecule has 1 amide bonds. The van der Waals surface area contributed by atoms with Gasteiger partial charge in [-0.05, 0) is 81.8 Å². The summed E-state index contributed by atoms with van der Waals surface area (Å²) in [6.45, 7) is 10.8. The zero-order valence-electron chi connectivity index (χ0n) is 15.7. The summed E-state index contributed by atoms with van der Waals surface area (Å²) in [5.41, 5.74) is 5.64. The third kappa shape index (κ3) is 4.23. The first-order valence-corrected chi connectivity index (χ1v) is 8.87. The first kappa shape index (κ1) is 18.7. The van der Waals surface area contributed by atoms with Crippen LogP contribution in [-0.2, 0) is 11.3 Å². The van der Waals surface area contributed by atoms with Crippen LogP contribution in [0.1, 0.15) is 58.8 Å². The van der Waals surface area contributed by atoms with Gasteiger partial charge in [0.05, 0.1) is 0 Å².